The van der Waals surface area contributed by atoms with Gasteiger partial charge in [0.1, 0.15) is 0 Å². The molecular formula is C18H23NO. The Morgan fingerprint density at radius 1 is 1.10 bits per heavy atom. The summed E-state index contributed by atoms with van der Waals surface area (Å²) in [4.78, 5) is 0. The first-order valence-corrected chi connectivity index (χ1v) is 7.52. The summed E-state index contributed by atoms with van der Waals surface area (Å²) in [5.74, 6) is 0. The average Bonchev–Trinajstić information content (AvgIpc) is 3.24. The molecule has 0 bridgehead atoms. The van der Waals surface area contributed by atoms with Crippen LogP contribution < -0.4 is 5.32 Å². The zero-order valence-electron chi connectivity index (χ0n) is 12.2. The second-order valence-corrected chi connectivity index (χ2v) is 6.27. The number of aliphatic hydroxyl groups is 1. The van der Waals surface area contributed by atoms with Crippen molar-refractivity contribution in [2.75, 3.05) is 19.7 Å². The molecule has 0 atom stereocenters. The zero-order chi connectivity index (χ0) is 14.0. The van der Waals surface area contributed by atoms with Crippen molar-refractivity contribution in [2.24, 2.45) is 5.41 Å². The SMILES string of the molecule is Cc1ccc2cc(CCNCC3(CO)CC3)ccc2c1. The summed E-state index contributed by atoms with van der Waals surface area (Å²) in [6, 6.07) is 13.3. The summed E-state index contributed by atoms with van der Waals surface area (Å²) in [6.45, 7) is 4.40. The van der Waals surface area contributed by atoms with Crippen LogP contribution in [0.1, 0.15) is 24.0 Å². The number of aliphatic hydroxyl groups excluding tert-OH is 1. The van der Waals surface area contributed by atoms with Gasteiger partial charge in [0, 0.05) is 18.6 Å². The lowest BCUT2D eigenvalue weighted by molar-refractivity contribution is 0.208. The average molecular weight is 269 g/mol. The molecule has 1 aliphatic carbocycles. The topological polar surface area (TPSA) is 32.3 Å². The summed E-state index contributed by atoms with van der Waals surface area (Å²) >= 11 is 0. The van der Waals surface area contributed by atoms with Gasteiger partial charge in [-0.25, -0.2) is 0 Å². The molecular weight excluding hydrogens is 246 g/mol. The van der Waals surface area contributed by atoms with E-state index in [-0.39, 0.29) is 5.41 Å². The van der Waals surface area contributed by atoms with Gasteiger partial charge in [-0.1, -0.05) is 42.0 Å². The van der Waals surface area contributed by atoms with E-state index in [0.29, 0.717) is 6.61 Å². The Morgan fingerprint density at radius 3 is 2.60 bits per heavy atom. The van der Waals surface area contributed by atoms with E-state index in [9.17, 15) is 5.11 Å². The van der Waals surface area contributed by atoms with Gasteiger partial charge in [0.25, 0.3) is 0 Å². The molecule has 0 aliphatic heterocycles. The van der Waals surface area contributed by atoms with Crippen molar-refractivity contribution >= 4 is 10.8 Å². The van der Waals surface area contributed by atoms with E-state index >= 15 is 0 Å². The normalized spacial score (nSPS) is 16.5. The Kier molecular flexibility index (Phi) is 3.77. The lowest BCUT2D eigenvalue weighted by Crippen LogP contribution is -2.28. The number of benzene rings is 2. The molecule has 106 valence electrons. The number of nitrogens with one attached hydrogen (secondary N) is 1. The van der Waals surface area contributed by atoms with Gasteiger partial charge in [0.2, 0.25) is 0 Å². The minimum absolute atomic E-state index is 0.209. The van der Waals surface area contributed by atoms with E-state index in [1.807, 2.05) is 0 Å². The molecule has 20 heavy (non-hydrogen) atoms. The van der Waals surface area contributed by atoms with Crippen molar-refractivity contribution in [1.29, 1.82) is 0 Å². The van der Waals surface area contributed by atoms with Crippen LogP contribution in [0, 0.1) is 12.3 Å². The predicted octanol–water partition coefficient (Wildman–Crippen LogP) is 3.05. The van der Waals surface area contributed by atoms with E-state index < -0.39 is 0 Å². The molecule has 2 heteroatoms. The Balaban J connectivity index is 1.56. The first-order chi connectivity index (χ1) is 9.71. The van der Waals surface area contributed by atoms with Gasteiger partial charge >= 0.3 is 0 Å². The number of fused-ring (bicyclic) bond motifs is 1. The van der Waals surface area contributed by atoms with Gasteiger partial charge in [-0.15, -0.1) is 0 Å². The van der Waals surface area contributed by atoms with Crippen molar-refractivity contribution in [3.05, 3.63) is 47.5 Å². The van der Waals surface area contributed by atoms with Crippen LogP contribution in [0.25, 0.3) is 10.8 Å². The van der Waals surface area contributed by atoms with Gasteiger partial charge in [-0.05, 0) is 49.1 Å². The standard InChI is InChI=1S/C18H23NO/c1-14-2-4-17-11-15(3-5-16(17)10-14)6-9-19-12-18(13-20)7-8-18/h2-5,10-11,19-20H,6-9,12-13H2,1H3. The molecule has 2 aromatic rings. The molecule has 0 aromatic heterocycles. The fourth-order valence-corrected chi connectivity index (χ4v) is 2.72. The molecule has 1 fully saturated rings. The second kappa shape index (κ2) is 5.55. The molecule has 0 unspecified atom stereocenters. The van der Waals surface area contributed by atoms with Gasteiger partial charge in [-0.3, -0.25) is 0 Å². The van der Waals surface area contributed by atoms with E-state index in [4.69, 9.17) is 0 Å². The minimum Gasteiger partial charge on any atom is -0.396 e. The molecule has 0 spiro atoms. The maximum atomic E-state index is 9.27. The van der Waals surface area contributed by atoms with Crippen molar-refractivity contribution in [3.8, 4) is 0 Å². The third-order valence-corrected chi connectivity index (χ3v) is 4.44. The van der Waals surface area contributed by atoms with Crippen LogP contribution in [0.4, 0.5) is 0 Å². The van der Waals surface area contributed by atoms with Gasteiger partial charge < -0.3 is 10.4 Å². The van der Waals surface area contributed by atoms with Crippen molar-refractivity contribution in [2.45, 2.75) is 26.2 Å². The summed E-state index contributed by atoms with van der Waals surface area (Å²) in [6.07, 6.45) is 3.39. The number of hydrogen-bond donors (Lipinski definition) is 2. The van der Waals surface area contributed by atoms with Crippen molar-refractivity contribution in [3.63, 3.8) is 0 Å². The summed E-state index contributed by atoms with van der Waals surface area (Å²) in [5.41, 5.74) is 2.90. The lowest BCUT2D eigenvalue weighted by Gasteiger charge is -2.12. The van der Waals surface area contributed by atoms with Gasteiger partial charge in [0.15, 0.2) is 0 Å². The molecule has 0 radical (unpaired) electrons. The van der Waals surface area contributed by atoms with Crippen LogP contribution in [-0.2, 0) is 6.42 Å². The van der Waals surface area contributed by atoms with Crippen molar-refractivity contribution < 1.29 is 5.11 Å². The summed E-state index contributed by atoms with van der Waals surface area (Å²) in [7, 11) is 0. The van der Waals surface area contributed by atoms with E-state index in [1.165, 1.54) is 34.7 Å². The Morgan fingerprint density at radius 2 is 1.85 bits per heavy atom. The number of aryl methyl sites for hydroxylation is 1. The maximum Gasteiger partial charge on any atom is 0.0499 e. The Hall–Kier alpha value is -1.38. The highest BCUT2D eigenvalue weighted by atomic mass is 16.3. The summed E-state index contributed by atoms with van der Waals surface area (Å²) in [5, 5.41) is 15.4. The molecule has 2 N–H and O–H groups in total. The van der Waals surface area contributed by atoms with Gasteiger partial charge in [-0.2, -0.15) is 0 Å². The molecule has 0 heterocycles. The zero-order valence-corrected chi connectivity index (χ0v) is 12.2. The predicted molar refractivity (Wildman–Crippen MR) is 84.0 cm³/mol. The van der Waals surface area contributed by atoms with Crippen LogP contribution in [-0.4, -0.2) is 24.8 Å². The van der Waals surface area contributed by atoms with E-state index in [0.717, 1.165) is 19.5 Å². The fourth-order valence-electron chi connectivity index (χ4n) is 2.72. The summed E-state index contributed by atoms with van der Waals surface area (Å²) < 4.78 is 0. The highest BCUT2D eigenvalue weighted by molar-refractivity contribution is 5.83. The lowest BCUT2D eigenvalue weighted by atomic mass is 10.0. The molecule has 1 saturated carbocycles. The van der Waals surface area contributed by atoms with E-state index in [1.54, 1.807) is 0 Å². The number of hydrogen-bond acceptors (Lipinski definition) is 2. The van der Waals surface area contributed by atoms with E-state index in [2.05, 4.69) is 48.6 Å². The molecule has 2 nitrogen and oxygen atoms in total. The molecule has 1 aliphatic rings. The highest BCUT2D eigenvalue weighted by Crippen LogP contribution is 2.44. The minimum atomic E-state index is 0.209. The third kappa shape index (κ3) is 3.02. The molecule has 0 saturated heterocycles. The molecule has 2 aromatic carbocycles. The van der Waals surface area contributed by atoms with Crippen LogP contribution in [0.15, 0.2) is 36.4 Å². The Labute approximate surface area is 120 Å². The highest BCUT2D eigenvalue weighted by Gasteiger charge is 2.41. The second-order valence-electron chi connectivity index (χ2n) is 6.27. The largest absolute Gasteiger partial charge is 0.396 e. The fraction of sp³-hybridized carbons (Fsp3) is 0.444. The Bertz CT molecular complexity index is 601. The smallest absolute Gasteiger partial charge is 0.0499 e. The van der Waals surface area contributed by atoms with Crippen LogP contribution >= 0.6 is 0 Å². The van der Waals surface area contributed by atoms with Crippen LogP contribution in [0.3, 0.4) is 0 Å². The quantitative estimate of drug-likeness (QED) is 0.790. The van der Waals surface area contributed by atoms with Crippen LogP contribution in [0.2, 0.25) is 0 Å². The first-order valence-electron chi connectivity index (χ1n) is 7.52. The molecule has 3 rings (SSSR count). The first kappa shape index (κ1) is 13.6. The van der Waals surface area contributed by atoms with Gasteiger partial charge in [0.05, 0.1) is 0 Å². The monoisotopic (exact) mass is 269 g/mol. The molecule has 0 amide bonds. The van der Waals surface area contributed by atoms with Crippen molar-refractivity contribution in [1.82, 2.24) is 5.32 Å². The van der Waals surface area contributed by atoms with Crippen LogP contribution in [0.5, 0.6) is 0 Å². The maximum absolute atomic E-state index is 9.27. The third-order valence-electron chi connectivity index (χ3n) is 4.44. The number of rotatable bonds is 6.